The van der Waals surface area contributed by atoms with E-state index in [9.17, 15) is 4.39 Å². The molecule has 0 aliphatic heterocycles. The first kappa shape index (κ1) is 11.7. The van der Waals surface area contributed by atoms with Gasteiger partial charge in [-0.2, -0.15) is 0 Å². The lowest BCUT2D eigenvalue weighted by Crippen LogP contribution is -1.96. The van der Waals surface area contributed by atoms with Crippen molar-refractivity contribution in [3.63, 3.8) is 0 Å². The topological polar surface area (TPSA) is 35.2 Å². The molecule has 0 aliphatic carbocycles. The monoisotopic (exact) mass is 251 g/mol. The molecule has 2 aromatic carbocycles. The summed E-state index contributed by atoms with van der Waals surface area (Å²) in [7, 11) is 0. The molecule has 0 bridgehead atoms. The summed E-state index contributed by atoms with van der Waals surface area (Å²) in [5, 5.41) is 0.0228. The van der Waals surface area contributed by atoms with E-state index in [0.29, 0.717) is 11.4 Å². The Bertz CT molecular complexity index is 537. The van der Waals surface area contributed by atoms with Gasteiger partial charge in [0.25, 0.3) is 0 Å². The minimum atomic E-state index is -0.586. The molecule has 2 nitrogen and oxygen atoms in total. The van der Waals surface area contributed by atoms with Crippen molar-refractivity contribution in [2.24, 2.45) is 0 Å². The molecular weight excluding hydrogens is 241 g/mol. The minimum Gasteiger partial charge on any atom is -0.452 e. The Balaban J connectivity index is 2.42. The van der Waals surface area contributed by atoms with Gasteiger partial charge in [0.05, 0.1) is 10.7 Å². The summed E-state index contributed by atoms with van der Waals surface area (Å²) in [6.45, 7) is 1.84. The van der Waals surface area contributed by atoms with E-state index < -0.39 is 5.82 Å². The highest BCUT2D eigenvalue weighted by atomic mass is 35.5. The molecule has 0 saturated heterocycles. The molecule has 4 heteroatoms. The third-order valence-corrected chi connectivity index (χ3v) is 2.66. The van der Waals surface area contributed by atoms with Crippen LogP contribution in [-0.4, -0.2) is 0 Å². The highest BCUT2D eigenvalue weighted by Gasteiger charge is 2.11. The second-order valence-corrected chi connectivity index (χ2v) is 4.05. The maximum Gasteiger partial charge on any atom is 0.184 e. The fourth-order valence-corrected chi connectivity index (χ4v) is 1.65. The van der Waals surface area contributed by atoms with E-state index in [-0.39, 0.29) is 10.8 Å². The van der Waals surface area contributed by atoms with Gasteiger partial charge >= 0.3 is 0 Å². The summed E-state index contributed by atoms with van der Waals surface area (Å²) < 4.78 is 19.1. The predicted molar refractivity (Wildman–Crippen MR) is 67.1 cm³/mol. The number of ether oxygens (including phenoxy) is 1. The molecule has 2 rings (SSSR count). The summed E-state index contributed by atoms with van der Waals surface area (Å²) in [5.74, 6) is -0.0658. The Morgan fingerprint density at radius 3 is 2.59 bits per heavy atom. The predicted octanol–water partition coefficient (Wildman–Crippen LogP) is 4.16. The summed E-state index contributed by atoms with van der Waals surface area (Å²) in [5.41, 5.74) is 7.08. The molecule has 0 unspecified atom stereocenters. The van der Waals surface area contributed by atoms with Crippen molar-refractivity contribution >= 4 is 17.3 Å². The van der Waals surface area contributed by atoms with E-state index >= 15 is 0 Å². The van der Waals surface area contributed by atoms with Crippen molar-refractivity contribution in [1.29, 1.82) is 0 Å². The summed E-state index contributed by atoms with van der Waals surface area (Å²) >= 11 is 5.67. The number of benzene rings is 2. The van der Waals surface area contributed by atoms with Crippen LogP contribution in [0.15, 0.2) is 36.4 Å². The molecule has 0 aliphatic rings. The molecule has 88 valence electrons. The van der Waals surface area contributed by atoms with Crippen LogP contribution in [0.3, 0.4) is 0 Å². The zero-order valence-electron chi connectivity index (χ0n) is 9.21. The molecule has 0 fully saturated rings. The van der Waals surface area contributed by atoms with Gasteiger partial charge in [-0.15, -0.1) is 0 Å². The van der Waals surface area contributed by atoms with Crippen molar-refractivity contribution in [1.82, 2.24) is 0 Å². The minimum absolute atomic E-state index is 0.0228. The van der Waals surface area contributed by atoms with E-state index in [0.717, 1.165) is 5.56 Å². The van der Waals surface area contributed by atoms with E-state index in [1.807, 2.05) is 19.1 Å². The molecule has 0 aromatic heterocycles. The number of aryl methyl sites for hydroxylation is 1. The van der Waals surface area contributed by atoms with E-state index in [1.54, 1.807) is 12.1 Å². The lowest BCUT2D eigenvalue weighted by Gasteiger charge is -2.12. The summed E-state index contributed by atoms with van der Waals surface area (Å²) in [4.78, 5) is 0. The largest absolute Gasteiger partial charge is 0.452 e. The Hall–Kier alpha value is -1.74. The van der Waals surface area contributed by atoms with Crippen LogP contribution in [0, 0.1) is 12.7 Å². The van der Waals surface area contributed by atoms with Gasteiger partial charge in [-0.1, -0.05) is 29.8 Å². The Labute approximate surface area is 104 Å². The summed E-state index contributed by atoms with van der Waals surface area (Å²) in [6.07, 6.45) is 0. The van der Waals surface area contributed by atoms with Gasteiger partial charge in [0, 0.05) is 0 Å². The highest BCUT2D eigenvalue weighted by Crippen LogP contribution is 2.33. The first-order valence-corrected chi connectivity index (χ1v) is 5.44. The van der Waals surface area contributed by atoms with Gasteiger partial charge in [0.15, 0.2) is 17.3 Å². The standard InChI is InChI=1S/C13H11ClFNO/c1-8-4-2-6-10(16)13(8)17-11-7-3-5-9(14)12(11)15/h2-7H,16H2,1H3. The van der Waals surface area contributed by atoms with Crippen molar-refractivity contribution in [2.75, 3.05) is 5.73 Å². The fourth-order valence-electron chi connectivity index (χ4n) is 1.49. The van der Waals surface area contributed by atoms with Crippen molar-refractivity contribution in [3.8, 4) is 11.5 Å². The van der Waals surface area contributed by atoms with E-state index in [1.165, 1.54) is 12.1 Å². The number of para-hydroxylation sites is 1. The summed E-state index contributed by atoms with van der Waals surface area (Å²) in [6, 6.07) is 9.94. The first-order valence-electron chi connectivity index (χ1n) is 5.06. The molecule has 0 spiro atoms. The van der Waals surface area contributed by atoms with Gasteiger partial charge < -0.3 is 10.5 Å². The maximum atomic E-state index is 13.7. The molecule has 17 heavy (non-hydrogen) atoms. The van der Waals surface area contributed by atoms with Gasteiger partial charge in [-0.25, -0.2) is 4.39 Å². The van der Waals surface area contributed by atoms with Crippen molar-refractivity contribution in [2.45, 2.75) is 6.92 Å². The van der Waals surface area contributed by atoms with Crippen molar-refractivity contribution < 1.29 is 9.13 Å². The number of hydrogen-bond donors (Lipinski definition) is 1. The molecule has 0 amide bonds. The van der Waals surface area contributed by atoms with Crippen LogP contribution in [0.25, 0.3) is 0 Å². The first-order chi connectivity index (χ1) is 8.09. The Morgan fingerprint density at radius 2 is 1.88 bits per heavy atom. The van der Waals surface area contributed by atoms with Crippen LogP contribution in [0.5, 0.6) is 11.5 Å². The van der Waals surface area contributed by atoms with Crippen LogP contribution in [0.2, 0.25) is 5.02 Å². The third-order valence-electron chi connectivity index (χ3n) is 2.37. The average Bonchev–Trinajstić information content (AvgIpc) is 2.29. The molecule has 0 heterocycles. The zero-order chi connectivity index (χ0) is 12.4. The molecule has 0 atom stereocenters. The van der Waals surface area contributed by atoms with Gasteiger partial charge in [-0.05, 0) is 30.7 Å². The number of rotatable bonds is 2. The molecule has 2 aromatic rings. The number of nitrogens with two attached hydrogens (primary N) is 1. The van der Waals surface area contributed by atoms with Crippen LogP contribution in [0.1, 0.15) is 5.56 Å². The Morgan fingerprint density at radius 1 is 1.18 bits per heavy atom. The zero-order valence-corrected chi connectivity index (χ0v) is 9.96. The van der Waals surface area contributed by atoms with Crippen LogP contribution >= 0.6 is 11.6 Å². The van der Waals surface area contributed by atoms with E-state index in [2.05, 4.69) is 0 Å². The van der Waals surface area contributed by atoms with Crippen LogP contribution in [-0.2, 0) is 0 Å². The SMILES string of the molecule is Cc1cccc(N)c1Oc1cccc(Cl)c1F. The van der Waals surface area contributed by atoms with Crippen LogP contribution in [0.4, 0.5) is 10.1 Å². The van der Waals surface area contributed by atoms with E-state index in [4.69, 9.17) is 22.1 Å². The number of anilines is 1. The second kappa shape index (κ2) is 4.63. The quantitative estimate of drug-likeness (QED) is 0.814. The lowest BCUT2D eigenvalue weighted by molar-refractivity contribution is 0.441. The molecule has 2 N–H and O–H groups in total. The lowest BCUT2D eigenvalue weighted by atomic mass is 10.2. The average molecular weight is 252 g/mol. The highest BCUT2D eigenvalue weighted by molar-refractivity contribution is 6.30. The maximum absolute atomic E-state index is 13.7. The third kappa shape index (κ3) is 2.34. The fraction of sp³-hybridized carbons (Fsp3) is 0.0769. The number of hydrogen-bond acceptors (Lipinski definition) is 2. The van der Waals surface area contributed by atoms with Crippen molar-refractivity contribution in [3.05, 3.63) is 52.8 Å². The van der Waals surface area contributed by atoms with Gasteiger partial charge in [0.1, 0.15) is 0 Å². The molecular formula is C13H11ClFNO. The molecule has 0 saturated carbocycles. The smallest absolute Gasteiger partial charge is 0.184 e. The van der Waals surface area contributed by atoms with Crippen LogP contribution < -0.4 is 10.5 Å². The normalized spacial score (nSPS) is 10.3. The number of nitrogen functional groups attached to an aromatic ring is 1. The second-order valence-electron chi connectivity index (χ2n) is 3.65. The van der Waals surface area contributed by atoms with Gasteiger partial charge in [-0.3, -0.25) is 0 Å². The number of halogens is 2. The van der Waals surface area contributed by atoms with Gasteiger partial charge in [0.2, 0.25) is 0 Å². The Kier molecular flexibility index (Phi) is 3.20. The molecule has 0 radical (unpaired) electrons.